The minimum atomic E-state index is -0.132. The number of aryl methyl sites for hydroxylation is 1. The Morgan fingerprint density at radius 3 is 2.50 bits per heavy atom. The van der Waals surface area contributed by atoms with Crippen molar-refractivity contribution in [3.63, 3.8) is 0 Å². The monoisotopic (exact) mass is 389 g/mol. The normalized spacial score (nSPS) is 11.1. The summed E-state index contributed by atoms with van der Waals surface area (Å²) in [6.45, 7) is 1.95. The number of hydrogen-bond donors (Lipinski definition) is 1. The molecule has 4 rings (SSSR count). The van der Waals surface area contributed by atoms with E-state index in [4.69, 9.17) is 0 Å². The molecule has 0 unspecified atom stereocenters. The lowest BCUT2D eigenvalue weighted by Gasteiger charge is -2.10. The highest BCUT2D eigenvalue weighted by Gasteiger charge is 2.12. The second kappa shape index (κ2) is 7.48. The van der Waals surface area contributed by atoms with E-state index in [1.807, 2.05) is 67.6 Å². The van der Waals surface area contributed by atoms with E-state index in [-0.39, 0.29) is 17.2 Å². The van der Waals surface area contributed by atoms with Crippen LogP contribution in [-0.4, -0.2) is 21.2 Å². The molecule has 140 valence electrons. The van der Waals surface area contributed by atoms with Crippen LogP contribution in [0.1, 0.15) is 5.56 Å². The molecule has 5 nitrogen and oxygen atoms in total. The van der Waals surface area contributed by atoms with Crippen molar-refractivity contribution in [1.82, 2.24) is 9.55 Å². The molecule has 0 aliphatic rings. The quantitative estimate of drug-likeness (QED) is 0.324. The molecule has 6 heteroatoms. The fraction of sp³-hybridized carbons (Fsp3) is 0.136. The average molecular weight is 389 g/mol. The van der Waals surface area contributed by atoms with E-state index in [0.29, 0.717) is 16.1 Å². The average Bonchev–Trinajstić information content (AvgIpc) is 2.70. The molecule has 0 bridgehead atoms. The number of anilines is 1. The lowest BCUT2D eigenvalue weighted by molar-refractivity contribution is -0.113. The van der Waals surface area contributed by atoms with Crippen molar-refractivity contribution in [3.05, 3.63) is 76.6 Å². The summed E-state index contributed by atoms with van der Waals surface area (Å²) in [6, 6.07) is 19.3. The standard InChI is InChI=1S/C22H19N3O2S/c1-14-7-3-6-10-18(14)23-20(26)13-28-22-24-19-12-16-9-5-4-8-15(16)11-17(19)21(27)25(22)2/h3-12H,13H2,1-2H3,(H,23,26). The van der Waals surface area contributed by atoms with E-state index in [0.717, 1.165) is 22.0 Å². The van der Waals surface area contributed by atoms with Crippen molar-refractivity contribution < 1.29 is 4.79 Å². The smallest absolute Gasteiger partial charge is 0.261 e. The van der Waals surface area contributed by atoms with Crippen molar-refractivity contribution in [1.29, 1.82) is 0 Å². The van der Waals surface area contributed by atoms with Gasteiger partial charge in [0.2, 0.25) is 5.91 Å². The molecule has 28 heavy (non-hydrogen) atoms. The van der Waals surface area contributed by atoms with E-state index in [9.17, 15) is 9.59 Å². The van der Waals surface area contributed by atoms with E-state index < -0.39 is 0 Å². The molecule has 1 amide bonds. The molecule has 0 spiro atoms. The Morgan fingerprint density at radius 2 is 1.75 bits per heavy atom. The van der Waals surface area contributed by atoms with Crippen LogP contribution in [0.4, 0.5) is 5.69 Å². The van der Waals surface area contributed by atoms with Crippen molar-refractivity contribution >= 4 is 45.0 Å². The van der Waals surface area contributed by atoms with Crippen molar-refractivity contribution in [2.75, 3.05) is 11.1 Å². The summed E-state index contributed by atoms with van der Waals surface area (Å²) >= 11 is 1.25. The van der Waals surface area contributed by atoms with Crippen LogP contribution < -0.4 is 10.9 Å². The number of nitrogens with zero attached hydrogens (tertiary/aromatic N) is 2. The van der Waals surface area contributed by atoms with Crippen LogP contribution in [0.2, 0.25) is 0 Å². The number of nitrogens with one attached hydrogen (secondary N) is 1. The van der Waals surface area contributed by atoms with Gasteiger partial charge in [0.25, 0.3) is 5.56 Å². The molecule has 0 saturated carbocycles. The van der Waals surface area contributed by atoms with Gasteiger partial charge in [0, 0.05) is 12.7 Å². The van der Waals surface area contributed by atoms with Gasteiger partial charge in [-0.3, -0.25) is 14.2 Å². The maximum atomic E-state index is 12.8. The number of rotatable bonds is 4. The fourth-order valence-corrected chi connectivity index (χ4v) is 3.87. The summed E-state index contributed by atoms with van der Waals surface area (Å²) < 4.78 is 1.50. The van der Waals surface area contributed by atoms with E-state index in [1.165, 1.54) is 16.3 Å². The third kappa shape index (κ3) is 3.51. The Kier molecular flexibility index (Phi) is 4.88. The second-order valence-corrected chi connectivity index (χ2v) is 7.57. The summed E-state index contributed by atoms with van der Waals surface area (Å²) in [5, 5.41) is 6.04. The van der Waals surface area contributed by atoms with Crippen LogP contribution in [0, 0.1) is 6.92 Å². The van der Waals surface area contributed by atoms with Crippen LogP contribution in [0.25, 0.3) is 21.7 Å². The van der Waals surface area contributed by atoms with Gasteiger partial charge in [0.15, 0.2) is 5.16 Å². The first-order chi connectivity index (χ1) is 13.5. The third-order valence-corrected chi connectivity index (χ3v) is 5.68. The predicted octanol–water partition coefficient (Wildman–Crippen LogP) is 4.13. The van der Waals surface area contributed by atoms with Gasteiger partial charge in [-0.2, -0.15) is 0 Å². The van der Waals surface area contributed by atoms with Gasteiger partial charge in [0.05, 0.1) is 16.7 Å². The number of hydrogen-bond acceptors (Lipinski definition) is 4. The minimum Gasteiger partial charge on any atom is -0.325 e. The summed E-state index contributed by atoms with van der Waals surface area (Å²) in [6.07, 6.45) is 0. The second-order valence-electron chi connectivity index (χ2n) is 6.63. The first-order valence-corrected chi connectivity index (χ1v) is 9.89. The van der Waals surface area contributed by atoms with Crippen LogP contribution in [0.15, 0.2) is 70.6 Å². The minimum absolute atomic E-state index is 0.113. The Morgan fingerprint density at radius 1 is 1.07 bits per heavy atom. The maximum Gasteiger partial charge on any atom is 0.261 e. The van der Waals surface area contributed by atoms with Crippen LogP contribution in [0.3, 0.4) is 0 Å². The fourth-order valence-electron chi connectivity index (χ4n) is 3.10. The topological polar surface area (TPSA) is 64.0 Å². The molecule has 0 fully saturated rings. The molecule has 0 aliphatic heterocycles. The van der Waals surface area contributed by atoms with Crippen molar-refractivity contribution in [3.8, 4) is 0 Å². The highest BCUT2D eigenvalue weighted by Crippen LogP contribution is 2.22. The number of aromatic nitrogens is 2. The molecule has 0 radical (unpaired) electrons. The van der Waals surface area contributed by atoms with Gasteiger partial charge in [-0.25, -0.2) is 4.98 Å². The number of para-hydroxylation sites is 1. The predicted molar refractivity (Wildman–Crippen MR) is 115 cm³/mol. The molecule has 4 aromatic rings. The highest BCUT2D eigenvalue weighted by atomic mass is 32.2. The number of amides is 1. The zero-order valence-corrected chi connectivity index (χ0v) is 16.4. The Bertz CT molecular complexity index is 1260. The van der Waals surface area contributed by atoms with Crippen LogP contribution in [-0.2, 0) is 11.8 Å². The first-order valence-electron chi connectivity index (χ1n) is 8.91. The van der Waals surface area contributed by atoms with Gasteiger partial charge in [-0.15, -0.1) is 0 Å². The lowest BCUT2D eigenvalue weighted by atomic mass is 10.1. The summed E-state index contributed by atoms with van der Waals surface area (Å²) in [4.78, 5) is 29.7. The zero-order chi connectivity index (χ0) is 19.7. The van der Waals surface area contributed by atoms with Gasteiger partial charge < -0.3 is 5.32 Å². The SMILES string of the molecule is Cc1ccccc1NC(=O)CSc1nc2cc3ccccc3cc2c(=O)n1C. The van der Waals surface area contributed by atoms with Crippen molar-refractivity contribution in [2.45, 2.75) is 12.1 Å². The summed E-state index contributed by atoms with van der Waals surface area (Å²) in [5.74, 6) is 0.0420. The molecule has 3 aromatic carbocycles. The number of fused-ring (bicyclic) bond motifs is 2. The lowest BCUT2D eigenvalue weighted by Crippen LogP contribution is -2.21. The van der Waals surface area contributed by atoms with Gasteiger partial charge >= 0.3 is 0 Å². The molecule has 1 heterocycles. The van der Waals surface area contributed by atoms with Gasteiger partial charge in [-0.1, -0.05) is 54.2 Å². The van der Waals surface area contributed by atoms with Crippen molar-refractivity contribution in [2.24, 2.45) is 7.05 Å². The zero-order valence-electron chi connectivity index (χ0n) is 15.6. The molecule has 0 saturated heterocycles. The summed E-state index contributed by atoms with van der Waals surface area (Å²) in [7, 11) is 1.69. The number of thioether (sulfide) groups is 1. The molecule has 1 aromatic heterocycles. The largest absolute Gasteiger partial charge is 0.325 e. The number of carbonyl (C=O) groups is 1. The highest BCUT2D eigenvalue weighted by molar-refractivity contribution is 7.99. The molecule has 0 aliphatic carbocycles. The number of benzene rings is 3. The van der Waals surface area contributed by atoms with Gasteiger partial charge in [-0.05, 0) is 41.5 Å². The number of carbonyl (C=O) groups excluding carboxylic acids is 1. The van der Waals surface area contributed by atoms with Gasteiger partial charge in [0.1, 0.15) is 0 Å². The summed E-state index contributed by atoms with van der Waals surface area (Å²) in [5.41, 5.74) is 2.32. The Balaban J connectivity index is 1.61. The van der Waals surface area contributed by atoms with Crippen LogP contribution in [0.5, 0.6) is 0 Å². The van der Waals surface area contributed by atoms with Crippen LogP contribution >= 0.6 is 11.8 Å². The molecule has 0 atom stereocenters. The Hall–Kier alpha value is -3.12. The first kappa shape index (κ1) is 18.3. The van der Waals surface area contributed by atoms with E-state index >= 15 is 0 Å². The van der Waals surface area contributed by atoms with E-state index in [2.05, 4.69) is 10.3 Å². The molecule has 1 N–H and O–H groups in total. The molecular weight excluding hydrogens is 370 g/mol. The van der Waals surface area contributed by atoms with E-state index in [1.54, 1.807) is 7.05 Å². The Labute approximate surface area is 166 Å². The third-order valence-electron chi connectivity index (χ3n) is 4.65. The molecular formula is C22H19N3O2S. The maximum absolute atomic E-state index is 12.8.